The van der Waals surface area contributed by atoms with Crippen LogP contribution in [-0.4, -0.2) is 58.5 Å². The van der Waals surface area contributed by atoms with E-state index in [0.29, 0.717) is 26.1 Å². The van der Waals surface area contributed by atoms with E-state index in [2.05, 4.69) is 5.32 Å². The van der Waals surface area contributed by atoms with Crippen molar-refractivity contribution in [3.63, 3.8) is 0 Å². The number of nitrogens with zero attached hydrogens (tertiary/aromatic N) is 2. The molecule has 3 rings (SSSR count). The Morgan fingerprint density at radius 1 is 0.848 bits per heavy atom. The van der Waals surface area contributed by atoms with Crippen LogP contribution in [0.25, 0.3) is 0 Å². The lowest BCUT2D eigenvalue weighted by molar-refractivity contribution is -0.121. The maximum atomic E-state index is 12.7. The van der Waals surface area contributed by atoms with Crippen LogP contribution in [-0.2, 0) is 37.8 Å². The molecule has 0 bridgehead atoms. The number of hydrogen-bond donors (Lipinski definition) is 1. The van der Waals surface area contributed by atoms with Crippen molar-refractivity contribution in [2.45, 2.75) is 48.4 Å². The van der Waals surface area contributed by atoms with Crippen LogP contribution in [0.15, 0.2) is 58.3 Å². The van der Waals surface area contributed by atoms with E-state index in [4.69, 9.17) is 0 Å². The number of aryl methyl sites for hydroxylation is 1. The molecule has 1 amide bonds. The van der Waals surface area contributed by atoms with E-state index in [1.165, 1.54) is 26.2 Å². The number of hydrogen-bond acceptors (Lipinski definition) is 5. The number of amides is 1. The molecule has 8 nitrogen and oxygen atoms in total. The van der Waals surface area contributed by atoms with Gasteiger partial charge in [-0.3, -0.25) is 4.79 Å². The Balaban J connectivity index is 1.49. The van der Waals surface area contributed by atoms with E-state index < -0.39 is 20.0 Å². The van der Waals surface area contributed by atoms with Crippen molar-refractivity contribution < 1.29 is 21.6 Å². The molecule has 33 heavy (non-hydrogen) atoms. The predicted molar refractivity (Wildman–Crippen MR) is 127 cm³/mol. The number of rotatable bonds is 9. The first-order valence-corrected chi connectivity index (χ1v) is 13.9. The van der Waals surface area contributed by atoms with Gasteiger partial charge in [-0.2, -0.15) is 4.31 Å². The zero-order valence-electron chi connectivity index (χ0n) is 19.0. The van der Waals surface area contributed by atoms with Crippen molar-refractivity contribution in [2.24, 2.45) is 0 Å². The summed E-state index contributed by atoms with van der Waals surface area (Å²) in [7, 11) is -3.98. The van der Waals surface area contributed by atoms with E-state index >= 15 is 0 Å². The Morgan fingerprint density at radius 2 is 1.39 bits per heavy atom. The van der Waals surface area contributed by atoms with Gasteiger partial charge in [0, 0.05) is 40.2 Å². The first-order chi connectivity index (χ1) is 15.6. The van der Waals surface area contributed by atoms with Crippen molar-refractivity contribution >= 4 is 26.0 Å². The molecule has 0 aliphatic carbocycles. The SMILES string of the molecule is CN(C)S(=O)(=O)c1ccc(CNC(=O)CCc2ccc(S(=O)(=O)N3CCCCC3)cc2)cc1. The minimum Gasteiger partial charge on any atom is -0.352 e. The third-order valence-corrected chi connectivity index (χ3v) is 9.45. The molecule has 180 valence electrons. The highest BCUT2D eigenvalue weighted by molar-refractivity contribution is 7.89. The molecule has 0 spiro atoms. The molecular formula is C23H31N3O5S2. The van der Waals surface area contributed by atoms with Crippen molar-refractivity contribution in [3.05, 3.63) is 59.7 Å². The van der Waals surface area contributed by atoms with Gasteiger partial charge in [0.1, 0.15) is 0 Å². The van der Waals surface area contributed by atoms with E-state index in [1.807, 2.05) is 0 Å². The molecule has 0 saturated carbocycles. The van der Waals surface area contributed by atoms with Gasteiger partial charge < -0.3 is 5.32 Å². The molecule has 1 saturated heterocycles. The minimum absolute atomic E-state index is 0.134. The van der Waals surface area contributed by atoms with Crippen LogP contribution in [0, 0.1) is 0 Å². The second-order valence-electron chi connectivity index (χ2n) is 8.32. The summed E-state index contributed by atoms with van der Waals surface area (Å²) in [6.45, 7) is 1.44. The Labute approximate surface area is 196 Å². The molecule has 0 aromatic heterocycles. The first-order valence-electron chi connectivity index (χ1n) is 11.0. The van der Waals surface area contributed by atoms with Gasteiger partial charge in [0.25, 0.3) is 0 Å². The van der Waals surface area contributed by atoms with Gasteiger partial charge in [0.15, 0.2) is 0 Å². The van der Waals surface area contributed by atoms with Crippen LogP contribution in [0.1, 0.15) is 36.8 Å². The average Bonchev–Trinajstić information content (AvgIpc) is 2.82. The van der Waals surface area contributed by atoms with E-state index in [1.54, 1.807) is 40.7 Å². The summed E-state index contributed by atoms with van der Waals surface area (Å²) in [5.41, 5.74) is 1.69. The van der Waals surface area contributed by atoms with E-state index in [-0.39, 0.29) is 22.1 Å². The molecule has 1 fully saturated rings. The largest absolute Gasteiger partial charge is 0.352 e. The molecular weight excluding hydrogens is 462 g/mol. The summed E-state index contributed by atoms with van der Waals surface area (Å²) in [6.07, 6.45) is 3.62. The van der Waals surface area contributed by atoms with Crippen LogP contribution in [0.2, 0.25) is 0 Å². The van der Waals surface area contributed by atoms with Gasteiger partial charge in [-0.05, 0) is 54.7 Å². The smallest absolute Gasteiger partial charge is 0.243 e. The highest BCUT2D eigenvalue weighted by Crippen LogP contribution is 2.21. The second kappa shape index (κ2) is 10.8. The van der Waals surface area contributed by atoms with Gasteiger partial charge in [-0.25, -0.2) is 21.1 Å². The zero-order valence-corrected chi connectivity index (χ0v) is 20.7. The molecule has 1 N–H and O–H groups in total. The van der Waals surface area contributed by atoms with Gasteiger partial charge >= 0.3 is 0 Å². The molecule has 2 aromatic rings. The van der Waals surface area contributed by atoms with Crippen LogP contribution in [0.5, 0.6) is 0 Å². The Morgan fingerprint density at radius 3 is 1.97 bits per heavy atom. The van der Waals surface area contributed by atoms with Crippen LogP contribution < -0.4 is 5.32 Å². The van der Waals surface area contributed by atoms with Crippen LogP contribution >= 0.6 is 0 Å². The molecule has 10 heteroatoms. The van der Waals surface area contributed by atoms with Gasteiger partial charge in [0.2, 0.25) is 26.0 Å². The molecule has 0 unspecified atom stereocenters. The molecule has 1 heterocycles. The molecule has 1 aliphatic heterocycles. The molecule has 1 aliphatic rings. The normalized spacial score (nSPS) is 15.5. The Bertz CT molecular complexity index is 1150. The van der Waals surface area contributed by atoms with E-state index in [9.17, 15) is 21.6 Å². The summed E-state index contributed by atoms with van der Waals surface area (Å²) in [5, 5.41) is 2.83. The lowest BCUT2D eigenvalue weighted by Crippen LogP contribution is -2.35. The summed E-state index contributed by atoms with van der Waals surface area (Å²) in [5.74, 6) is -0.134. The number of piperidine rings is 1. The predicted octanol–water partition coefficient (Wildman–Crippen LogP) is 2.36. The minimum atomic E-state index is -3.48. The summed E-state index contributed by atoms with van der Waals surface area (Å²) in [4.78, 5) is 12.7. The van der Waals surface area contributed by atoms with Crippen molar-refractivity contribution in [1.82, 2.24) is 13.9 Å². The number of nitrogens with one attached hydrogen (secondary N) is 1. The first kappa shape index (κ1) is 25.4. The highest BCUT2D eigenvalue weighted by Gasteiger charge is 2.25. The van der Waals surface area contributed by atoms with Gasteiger partial charge in [-0.1, -0.05) is 30.7 Å². The Hall–Kier alpha value is -2.27. The third-order valence-electron chi connectivity index (χ3n) is 5.71. The maximum absolute atomic E-state index is 12.7. The van der Waals surface area contributed by atoms with Gasteiger partial charge in [0.05, 0.1) is 9.79 Å². The molecule has 0 radical (unpaired) electrons. The Kier molecular flexibility index (Phi) is 8.28. The van der Waals surface area contributed by atoms with Crippen LogP contribution in [0.3, 0.4) is 0 Å². The third kappa shape index (κ3) is 6.41. The molecule has 0 atom stereocenters. The van der Waals surface area contributed by atoms with Crippen molar-refractivity contribution in [3.8, 4) is 0 Å². The monoisotopic (exact) mass is 493 g/mol. The quantitative estimate of drug-likeness (QED) is 0.578. The topological polar surface area (TPSA) is 104 Å². The summed E-state index contributed by atoms with van der Waals surface area (Å²) >= 11 is 0. The number of carbonyl (C=O) groups is 1. The summed E-state index contributed by atoms with van der Waals surface area (Å²) in [6, 6.07) is 13.1. The number of benzene rings is 2. The van der Waals surface area contributed by atoms with E-state index in [0.717, 1.165) is 34.7 Å². The number of carbonyl (C=O) groups excluding carboxylic acids is 1. The highest BCUT2D eigenvalue weighted by atomic mass is 32.2. The van der Waals surface area contributed by atoms with Gasteiger partial charge in [-0.15, -0.1) is 0 Å². The standard InChI is InChI=1S/C23H31N3O5S2/c1-25(2)32(28,29)21-13-8-20(9-14-21)18-24-23(27)15-10-19-6-11-22(12-7-19)33(30,31)26-16-4-3-5-17-26/h6-9,11-14H,3-5,10,15-18H2,1-2H3,(H,24,27). The average molecular weight is 494 g/mol. The lowest BCUT2D eigenvalue weighted by Gasteiger charge is -2.25. The summed E-state index contributed by atoms with van der Waals surface area (Å²) < 4.78 is 52.3. The second-order valence-corrected chi connectivity index (χ2v) is 12.4. The zero-order chi connectivity index (χ0) is 24.1. The van der Waals surface area contributed by atoms with Crippen molar-refractivity contribution in [2.75, 3.05) is 27.2 Å². The fourth-order valence-electron chi connectivity index (χ4n) is 3.62. The maximum Gasteiger partial charge on any atom is 0.243 e. The van der Waals surface area contributed by atoms with Crippen LogP contribution in [0.4, 0.5) is 0 Å². The lowest BCUT2D eigenvalue weighted by atomic mass is 10.1. The fourth-order valence-corrected chi connectivity index (χ4v) is 6.04. The van der Waals surface area contributed by atoms with Crippen molar-refractivity contribution in [1.29, 1.82) is 0 Å². The number of sulfonamides is 2. The fraction of sp³-hybridized carbons (Fsp3) is 0.435. The molecule has 2 aromatic carbocycles.